The van der Waals surface area contributed by atoms with E-state index in [1.165, 1.54) is 25.2 Å². The number of rotatable bonds is 4. The van der Waals surface area contributed by atoms with E-state index >= 15 is 0 Å². The van der Waals surface area contributed by atoms with Crippen molar-refractivity contribution in [3.05, 3.63) is 47.9 Å². The minimum Gasteiger partial charge on any atom is -0.355 e. The van der Waals surface area contributed by atoms with Gasteiger partial charge >= 0.3 is 0 Å². The smallest absolute Gasteiger partial charge is 0.251 e. The summed E-state index contributed by atoms with van der Waals surface area (Å²) < 4.78 is 15.8. The molecule has 0 saturated carbocycles. The first-order valence-electron chi connectivity index (χ1n) is 6.21. The summed E-state index contributed by atoms with van der Waals surface area (Å²) >= 11 is 0. The summed E-state index contributed by atoms with van der Waals surface area (Å²) in [4.78, 5) is 11.6. The van der Waals surface area contributed by atoms with E-state index in [9.17, 15) is 9.18 Å². The number of amides is 1. The summed E-state index contributed by atoms with van der Waals surface area (Å²) in [5.41, 5.74) is 1.41. The van der Waals surface area contributed by atoms with Crippen LogP contribution in [0.1, 0.15) is 16.8 Å². The van der Waals surface area contributed by atoms with Crippen LogP contribution in [-0.2, 0) is 6.54 Å². The number of hydrogen-bond donors (Lipinski definition) is 1. The lowest BCUT2D eigenvalue weighted by Crippen LogP contribution is -2.17. The first-order valence-corrected chi connectivity index (χ1v) is 6.21. The van der Waals surface area contributed by atoms with E-state index in [0.29, 0.717) is 29.8 Å². The minimum atomic E-state index is -0.394. The second-order valence-corrected chi connectivity index (χ2v) is 4.27. The molecule has 1 heterocycles. The van der Waals surface area contributed by atoms with Crippen molar-refractivity contribution in [3.63, 3.8) is 0 Å². The molecular formula is C15H14FN3O. The number of nitrogens with one attached hydrogen (secondary N) is 1. The Balaban J connectivity index is 2.44. The molecule has 0 radical (unpaired) electrons. The molecule has 1 aromatic heterocycles. The predicted molar refractivity (Wildman–Crippen MR) is 73.4 cm³/mol. The fourth-order valence-corrected chi connectivity index (χ4v) is 2.03. The average Bonchev–Trinajstić information content (AvgIpc) is 2.93. The maximum atomic E-state index is 14.0. The Morgan fingerprint density at radius 1 is 1.45 bits per heavy atom. The van der Waals surface area contributed by atoms with E-state index in [2.05, 4.69) is 11.4 Å². The highest BCUT2D eigenvalue weighted by atomic mass is 19.1. The highest BCUT2D eigenvalue weighted by Gasteiger charge is 2.12. The van der Waals surface area contributed by atoms with Gasteiger partial charge in [-0.25, -0.2) is 4.39 Å². The standard InChI is InChI=1S/C15H14FN3O/c1-18-15(20)11-5-6-13(16)12(10-11)14-4-2-8-19(14)9-3-7-17/h2,4-6,8,10H,3,9H2,1H3,(H,18,20). The molecule has 102 valence electrons. The monoisotopic (exact) mass is 271 g/mol. The number of hydrogen-bond acceptors (Lipinski definition) is 2. The van der Waals surface area contributed by atoms with Crippen molar-refractivity contribution in [3.8, 4) is 17.3 Å². The summed E-state index contributed by atoms with van der Waals surface area (Å²) in [7, 11) is 1.53. The third-order valence-electron chi connectivity index (χ3n) is 3.03. The van der Waals surface area contributed by atoms with Gasteiger partial charge in [-0.1, -0.05) is 0 Å². The number of aryl methyl sites for hydroxylation is 1. The Hall–Kier alpha value is -2.61. The van der Waals surface area contributed by atoms with Gasteiger partial charge in [-0.2, -0.15) is 5.26 Å². The number of halogens is 1. The van der Waals surface area contributed by atoms with Crippen LogP contribution in [0, 0.1) is 17.1 Å². The molecule has 1 N–H and O–H groups in total. The summed E-state index contributed by atoms with van der Waals surface area (Å²) in [6.07, 6.45) is 2.14. The number of aromatic nitrogens is 1. The first kappa shape index (κ1) is 13.8. The van der Waals surface area contributed by atoms with E-state index in [0.717, 1.165) is 0 Å². The Morgan fingerprint density at radius 3 is 2.95 bits per heavy atom. The fourth-order valence-electron chi connectivity index (χ4n) is 2.03. The van der Waals surface area contributed by atoms with Gasteiger partial charge in [0, 0.05) is 30.9 Å². The van der Waals surface area contributed by atoms with Crippen molar-refractivity contribution in [2.24, 2.45) is 0 Å². The number of carbonyl (C=O) groups is 1. The summed E-state index contributed by atoms with van der Waals surface area (Å²) in [6.45, 7) is 0.489. The SMILES string of the molecule is CNC(=O)c1ccc(F)c(-c2cccn2CCC#N)c1. The predicted octanol–water partition coefficient (Wildman–Crippen LogP) is 2.57. The van der Waals surface area contributed by atoms with E-state index in [4.69, 9.17) is 5.26 Å². The van der Waals surface area contributed by atoms with Gasteiger partial charge < -0.3 is 9.88 Å². The molecule has 2 rings (SSSR count). The lowest BCUT2D eigenvalue weighted by molar-refractivity contribution is 0.0963. The zero-order valence-electron chi connectivity index (χ0n) is 11.1. The van der Waals surface area contributed by atoms with Gasteiger partial charge in [-0.3, -0.25) is 4.79 Å². The first-order chi connectivity index (χ1) is 9.67. The highest BCUT2D eigenvalue weighted by molar-refractivity contribution is 5.95. The van der Waals surface area contributed by atoms with Crippen LogP contribution in [0.5, 0.6) is 0 Å². The molecule has 0 fully saturated rings. The van der Waals surface area contributed by atoms with Gasteiger partial charge in [-0.05, 0) is 30.3 Å². The molecule has 5 heteroatoms. The Kier molecular flexibility index (Phi) is 4.16. The number of carbonyl (C=O) groups excluding carboxylic acids is 1. The summed E-state index contributed by atoms with van der Waals surface area (Å²) in [5.74, 6) is -0.657. The Labute approximate surface area is 116 Å². The molecule has 0 aliphatic carbocycles. The van der Waals surface area contributed by atoms with Gasteiger partial charge in [0.25, 0.3) is 5.91 Å². The number of nitrogens with zero attached hydrogens (tertiary/aromatic N) is 2. The van der Waals surface area contributed by atoms with E-state index in [1.807, 2.05) is 0 Å². The van der Waals surface area contributed by atoms with Gasteiger partial charge in [0.15, 0.2) is 0 Å². The van der Waals surface area contributed by atoms with Crippen LogP contribution in [0.3, 0.4) is 0 Å². The molecule has 20 heavy (non-hydrogen) atoms. The molecule has 0 unspecified atom stereocenters. The molecule has 2 aromatic rings. The van der Waals surface area contributed by atoms with Gasteiger partial charge in [0.05, 0.1) is 18.2 Å². The van der Waals surface area contributed by atoms with Crippen molar-refractivity contribution < 1.29 is 9.18 Å². The number of nitriles is 1. The molecule has 0 spiro atoms. The molecular weight excluding hydrogens is 257 g/mol. The maximum Gasteiger partial charge on any atom is 0.251 e. The fraction of sp³-hybridized carbons (Fsp3) is 0.200. The highest BCUT2D eigenvalue weighted by Crippen LogP contribution is 2.25. The molecule has 0 aliphatic rings. The lowest BCUT2D eigenvalue weighted by atomic mass is 10.1. The van der Waals surface area contributed by atoms with Crippen molar-refractivity contribution in [2.45, 2.75) is 13.0 Å². The van der Waals surface area contributed by atoms with Crippen LogP contribution in [0.15, 0.2) is 36.5 Å². The second kappa shape index (κ2) is 6.02. The summed E-state index contributed by atoms with van der Waals surface area (Å²) in [5, 5.41) is 11.2. The largest absolute Gasteiger partial charge is 0.355 e. The maximum absolute atomic E-state index is 14.0. The molecule has 1 aromatic carbocycles. The van der Waals surface area contributed by atoms with Crippen molar-refractivity contribution in [1.29, 1.82) is 5.26 Å². The van der Waals surface area contributed by atoms with Crippen molar-refractivity contribution in [1.82, 2.24) is 9.88 Å². The minimum absolute atomic E-state index is 0.263. The molecule has 0 aliphatic heterocycles. The topological polar surface area (TPSA) is 57.8 Å². The van der Waals surface area contributed by atoms with Crippen LogP contribution in [0.25, 0.3) is 11.3 Å². The zero-order valence-corrected chi connectivity index (χ0v) is 11.1. The molecule has 0 saturated heterocycles. The molecule has 0 atom stereocenters. The molecule has 4 nitrogen and oxygen atoms in total. The van der Waals surface area contributed by atoms with Crippen LogP contribution < -0.4 is 5.32 Å². The summed E-state index contributed by atoms with van der Waals surface area (Å²) in [6, 6.07) is 9.86. The van der Waals surface area contributed by atoms with E-state index in [-0.39, 0.29) is 5.91 Å². The molecule has 0 bridgehead atoms. The molecule has 1 amide bonds. The van der Waals surface area contributed by atoms with Gasteiger partial charge in [0.2, 0.25) is 0 Å². The van der Waals surface area contributed by atoms with Crippen LogP contribution >= 0.6 is 0 Å². The van der Waals surface area contributed by atoms with Crippen molar-refractivity contribution in [2.75, 3.05) is 7.05 Å². The average molecular weight is 271 g/mol. The van der Waals surface area contributed by atoms with Gasteiger partial charge in [-0.15, -0.1) is 0 Å². The van der Waals surface area contributed by atoms with Crippen molar-refractivity contribution >= 4 is 5.91 Å². The van der Waals surface area contributed by atoms with Crippen LogP contribution in [0.2, 0.25) is 0 Å². The third-order valence-corrected chi connectivity index (χ3v) is 3.03. The lowest BCUT2D eigenvalue weighted by Gasteiger charge is -2.10. The zero-order chi connectivity index (χ0) is 14.5. The van der Waals surface area contributed by atoms with Crippen LogP contribution in [-0.4, -0.2) is 17.5 Å². The van der Waals surface area contributed by atoms with E-state index < -0.39 is 5.82 Å². The van der Waals surface area contributed by atoms with Crippen LogP contribution in [0.4, 0.5) is 4.39 Å². The Bertz CT molecular complexity index is 670. The quantitative estimate of drug-likeness (QED) is 0.929. The number of benzene rings is 1. The third kappa shape index (κ3) is 2.69. The van der Waals surface area contributed by atoms with E-state index in [1.54, 1.807) is 22.9 Å². The van der Waals surface area contributed by atoms with Gasteiger partial charge in [0.1, 0.15) is 5.82 Å². The Morgan fingerprint density at radius 2 is 2.25 bits per heavy atom. The second-order valence-electron chi connectivity index (χ2n) is 4.27. The normalized spacial score (nSPS) is 10.1.